The minimum absolute atomic E-state index is 0. The number of ether oxygens (including phenoxy) is 1. The van der Waals surface area contributed by atoms with Crippen molar-refractivity contribution in [2.45, 2.75) is 31.4 Å². The van der Waals surface area contributed by atoms with E-state index in [1.54, 1.807) is 0 Å². The second-order valence-electron chi connectivity index (χ2n) is 3.82. The molecule has 2 N–H and O–H groups in total. The normalized spacial score (nSPS) is 36.7. The van der Waals surface area contributed by atoms with Crippen molar-refractivity contribution in [2.75, 3.05) is 13.2 Å². The average Bonchev–Trinajstić information content (AvgIpc) is 2.17. The number of carboxylic acids is 1. The molecule has 1 heterocycles. The minimum Gasteiger partial charge on any atom is -0.481 e. The molecule has 0 radical (unpaired) electrons. The molecular weight excluding hydrogens is 206 g/mol. The number of fused-ring (bicyclic) bond motifs is 1. The summed E-state index contributed by atoms with van der Waals surface area (Å²) in [5.41, 5.74) is 0. The van der Waals surface area contributed by atoms with Gasteiger partial charge in [-0.2, -0.15) is 0 Å². The van der Waals surface area contributed by atoms with E-state index < -0.39 is 5.97 Å². The van der Waals surface area contributed by atoms with Gasteiger partial charge in [-0.05, 0) is 19.3 Å². The molecule has 5 heteroatoms. The fourth-order valence-electron chi connectivity index (χ4n) is 2.24. The SMILES string of the molecule is Cl.O=C(O)[C@@H]1CC[C@@H]2OCCN[C@H]2C1. The molecule has 0 aromatic carbocycles. The van der Waals surface area contributed by atoms with Crippen LogP contribution in [0.3, 0.4) is 0 Å². The Morgan fingerprint density at radius 3 is 2.93 bits per heavy atom. The van der Waals surface area contributed by atoms with Gasteiger partial charge in [0.2, 0.25) is 0 Å². The topological polar surface area (TPSA) is 58.6 Å². The first-order valence-corrected chi connectivity index (χ1v) is 4.85. The van der Waals surface area contributed by atoms with Crippen LogP contribution in [0.1, 0.15) is 19.3 Å². The Bertz CT molecular complexity index is 212. The van der Waals surface area contributed by atoms with E-state index in [0.717, 1.165) is 32.4 Å². The summed E-state index contributed by atoms with van der Waals surface area (Å²) in [6.07, 6.45) is 2.62. The molecule has 1 aliphatic carbocycles. The van der Waals surface area contributed by atoms with Crippen LogP contribution in [-0.2, 0) is 9.53 Å². The summed E-state index contributed by atoms with van der Waals surface area (Å²) in [6.45, 7) is 1.62. The maximum absolute atomic E-state index is 10.8. The van der Waals surface area contributed by atoms with Crippen LogP contribution >= 0.6 is 12.4 Å². The number of nitrogens with one attached hydrogen (secondary N) is 1. The lowest BCUT2D eigenvalue weighted by atomic mass is 9.83. The predicted octanol–water partition coefficient (Wildman–Crippen LogP) is 0.650. The summed E-state index contributed by atoms with van der Waals surface area (Å²) < 4.78 is 5.55. The first-order chi connectivity index (χ1) is 6.27. The number of rotatable bonds is 1. The van der Waals surface area contributed by atoms with Crippen molar-refractivity contribution in [1.82, 2.24) is 5.32 Å². The lowest BCUT2D eigenvalue weighted by Crippen LogP contribution is -2.52. The maximum Gasteiger partial charge on any atom is 0.306 e. The van der Waals surface area contributed by atoms with E-state index >= 15 is 0 Å². The molecule has 0 aromatic heterocycles. The van der Waals surface area contributed by atoms with Crippen LogP contribution in [0, 0.1) is 5.92 Å². The molecule has 2 aliphatic rings. The third-order valence-electron chi connectivity index (χ3n) is 2.98. The lowest BCUT2D eigenvalue weighted by Gasteiger charge is -2.38. The number of aliphatic carboxylic acids is 1. The Hall–Kier alpha value is -0.320. The zero-order valence-corrected chi connectivity index (χ0v) is 8.76. The minimum atomic E-state index is -0.661. The van der Waals surface area contributed by atoms with Gasteiger partial charge in [0.25, 0.3) is 0 Å². The Balaban J connectivity index is 0.000000980. The fourth-order valence-corrected chi connectivity index (χ4v) is 2.24. The molecule has 0 amide bonds. The fraction of sp³-hybridized carbons (Fsp3) is 0.889. The van der Waals surface area contributed by atoms with Crippen molar-refractivity contribution >= 4 is 18.4 Å². The van der Waals surface area contributed by atoms with Crippen molar-refractivity contribution in [2.24, 2.45) is 5.92 Å². The average molecular weight is 222 g/mol. The van der Waals surface area contributed by atoms with Crippen LogP contribution in [-0.4, -0.2) is 36.4 Å². The van der Waals surface area contributed by atoms with Crippen LogP contribution < -0.4 is 5.32 Å². The molecule has 1 saturated carbocycles. The quantitative estimate of drug-likeness (QED) is 0.683. The number of hydrogen-bond donors (Lipinski definition) is 2. The van der Waals surface area contributed by atoms with Gasteiger partial charge in [-0.1, -0.05) is 0 Å². The molecule has 82 valence electrons. The molecule has 1 aliphatic heterocycles. The molecule has 4 nitrogen and oxygen atoms in total. The molecule has 1 saturated heterocycles. The second kappa shape index (κ2) is 4.96. The maximum atomic E-state index is 10.8. The van der Waals surface area contributed by atoms with Gasteiger partial charge in [0.1, 0.15) is 0 Å². The van der Waals surface area contributed by atoms with Gasteiger partial charge in [-0.25, -0.2) is 0 Å². The molecule has 14 heavy (non-hydrogen) atoms. The standard InChI is InChI=1S/C9H15NO3.ClH/c11-9(12)6-1-2-8-7(5-6)10-3-4-13-8;/h6-8,10H,1-5H2,(H,11,12);1H/t6-,7+,8+;/m1./s1. The van der Waals surface area contributed by atoms with E-state index in [0.29, 0.717) is 0 Å². The molecule has 0 bridgehead atoms. The monoisotopic (exact) mass is 221 g/mol. The van der Waals surface area contributed by atoms with E-state index in [4.69, 9.17) is 9.84 Å². The van der Waals surface area contributed by atoms with Crippen molar-refractivity contribution in [3.63, 3.8) is 0 Å². The Morgan fingerprint density at radius 1 is 1.43 bits per heavy atom. The third-order valence-corrected chi connectivity index (χ3v) is 2.98. The highest BCUT2D eigenvalue weighted by Gasteiger charge is 2.35. The summed E-state index contributed by atoms with van der Waals surface area (Å²) >= 11 is 0. The summed E-state index contributed by atoms with van der Waals surface area (Å²) in [5.74, 6) is -0.832. The van der Waals surface area contributed by atoms with E-state index in [1.165, 1.54) is 0 Å². The Morgan fingerprint density at radius 2 is 2.21 bits per heavy atom. The molecule has 0 spiro atoms. The van der Waals surface area contributed by atoms with Gasteiger partial charge in [-0.3, -0.25) is 4.79 Å². The second-order valence-corrected chi connectivity index (χ2v) is 3.82. The summed E-state index contributed by atoms with van der Waals surface area (Å²) in [7, 11) is 0. The number of hydrogen-bond acceptors (Lipinski definition) is 3. The van der Waals surface area contributed by atoms with Gasteiger partial charge < -0.3 is 15.2 Å². The van der Waals surface area contributed by atoms with Crippen molar-refractivity contribution in [3.8, 4) is 0 Å². The molecule has 3 atom stereocenters. The highest BCUT2D eigenvalue weighted by atomic mass is 35.5. The highest BCUT2D eigenvalue weighted by molar-refractivity contribution is 5.85. The Labute approximate surface area is 89.4 Å². The third kappa shape index (κ3) is 2.38. The summed E-state index contributed by atoms with van der Waals surface area (Å²) in [5, 5.41) is 12.2. The smallest absolute Gasteiger partial charge is 0.306 e. The van der Waals surface area contributed by atoms with E-state index in [9.17, 15) is 4.79 Å². The van der Waals surface area contributed by atoms with Crippen LogP contribution in [0.15, 0.2) is 0 Å². The molecule has 0 unspecified atom stereocenters. The van der Waals surface area contributed by atoms with E-state index in [1.807, 2.05) is 0 Å². The largest absolute Gasteiger partial charge is 0.481 e. The van der Waals surface area contributed by atoms with Gasteiger partial charge in [0, 0.05) is 12.6 Å². The molecular formula is C9H16ClNO3. The van der Waals surface area contributed by atoms with E-state index in [-0.39, 0.29) is 30.5 Å². The van der Waals surface area contributed by atoms with Crippen molar-refractivity contribution in [1.29, 1.82) is 0 Å². The van der Waals surface area contributed by atoms with Crippen LogP contribution in [0.4, 0.5) is 0 Å². The van der Waals surface area contributed by atoms with Crippen molar-refractivity contribution in [3.05, 3.63) is 0 Å². The van der Waals surface area contributed by atoms with E-state index in [2.05, 4.69) is 5.32 Å². The zero-order valence-electron chi connectivity index (χ0n) is 7.94. The van der Waals surface area contributed by atoms with Crippen molar-refractivity contribution < 1.29 is 14.6 Å². The first-order valence-electron chi connectivity index (χ1n) is 4.85. The molecule has 2 rings (SSSR count). The first kappa shape index (κ1) is 11.8. The summed E-state index contributed by atoms with van der Waals surface area (Å²) in [4.78, 5) is 10.8. The van der Waals surface area contributed by atoms with Crippen LogP contribution in [0.2, 0.25) is 0 Å². The lowest BCUT2D eigenvalue weighted by molar-refractivity contribution is -0.145. The zero-order chi connectivity index (χ0) is 9.26. The summed E-state index contributed by atoms with van der Waals surface area (Å²) in [6, 6.07) is 0.267. The van der Waals surface area contributed by atoms with Gasteiger partial charge in [-0.15, -0.1) is 12.4 Å². The van der Waals surface area contributed by atoms with Gasteiger partial charge >= 0.3 is 5.97 Å². The Kier molecular flexibility index (Phi) is 4.16. The molecule has 0 aromatic rings. The van der Waals surface area contributed by atoms with Gasteiger partial charge in [0.15, 0.2) is 0 Å². The number of morpholine rings is 1. The number of halogens is 1. The van der Waals surface area contributed by atoms with Crippen LogP contribution in [0.25, 0.3) is 0 Å². The molecule has 2 fully saturated rings. The van der Waals surface area contributed by atoms with Gasteiger partial charge in [0.05, 0.1) is 18.6 Å². The van der Waals surface area contributed by atoms with Crippen LogP contribution in [0.5, 0.6) is 0 Å². The number of carbonyl (C=O) groups is 1. The number of carboxylic acid groups (broad SMARTS) is 1. The predicted molar refractivity (Wildman–Crippen MR) is 53.8 cm³/mol. The highest BCUT2D eigenvalue weighted by Crippen LogP contribution is 2.28.